The van der Waals surface area contributed by atoms with Crippen molar-refractivity contribution in [2.45, 2.75) is 25.7 Å². The minimum absolute atomic E-state index is 0.247. The quantitative estimate of drug-likeness (QED) is 0.935. The van der Waals surface area contributed by atoms with E-state index < -0.39 is 5.97 Å². The summed E-state index contributed by atoms with van der Waals surface area (Å²) in [7, 11) is 0. The minimum atomic E-state index is -0.714. The van der Waals surface area contributed by atoms with Gasteiger partial charge in [0, 0.05) is 31.1 Å². The molecule has 0 spiro atoms. The van der Waals surface area contributed by atoms with Gasteiger partial charge in [-0.15, -0.1) is 0 Å². The van der Waals surface area contributed by atoms with Gasteiger partial charge < -0.3 is 10.0 Å². The van der Waals surface area contributed by atoms with Gasteiger partial charge in [0.05, 0.1) is 5.52 Å². The summed E-state index contributed by atoms with van der Waals surface area (Å²) in [6.45, 7) is 1.80. The van der Waals surface area contributed by atoms with Crippen molar-refractivity contribution >= 4 is 22.8 Å². The molecule has 1 aliphatic rings. The lowest BCUT2D eigenvalue weighted by molar-refractivity contribution is -0.137. The SMILES string of the molecule is O=C(O)CCC1CCCN(c2ncc3ccccc3n2)C1. The largest absolute Gasteiger partial charge is 0.481 e. The average Bonchev–Trinajstić information content (AvgIpc) is 2.53. The fourth-order valence-corrected chi connectivity index (χ4v) is 2.92. The molecule has 2 aromatic rings. The summed E-state index contributed by atoms with van der Waals surface area (Å²) >= 11 is 0. The van der Waals surface area contributed by atoms with Gasteiger partial charge in [-0.3, -0.25) is 4.79 Å². The molecule has 1 saturated heterocycles. The Balaban J connectivity index is 1.73. The van der Waals surface area contributed by atoms with Crippen LogP contribution in [0.3, 0.4) is 0 Å². The maximum absolute atomic E-state index is 10.7. The smallest absolute Gasteiger partial charge is 0.303 e. The van der Waals surface area contributed by atoms with E-state index in [1.54, 1.807) is 0 Å². The van der Waals surface area contributed by atoms with Gasteiger partial charge in [-0.1, -0.05) is 18.2 Å². The third-order valence-corrected chi connectivity index (χ3v) is 4.04. The normalized spacial score (nSPS) is 18.9. The first kappa shape index (κ1) is 13.8. The Bertz CT molecular complexity index is 644. The van der Waals surface area contributed by atoms with Crippen molar-refractivity contribution in [3.63, 3.8) is 0 Å². The van der Waals surface area contributed by atoms with E-state index in [0.717, 1.165) is 49.2 Å². The van der Waals surface area contributed by atoms with Gasteiger partial charge in [-0.2, -0.15) is 0 Å². The van der Waals surface area contributed by atoms with Crippen LogP contribution in [0.1, 0.15) is 25.7 Å². The molecule has 2 heterocycles. The fraction of sp³-hybridized carbons (Fsp3) is 0.438. The predicted octanol–water partition coefficient (Wildman–Crippen LogP) is 2.71. The highest BCUT2D eigenvalue weighted by Gasteiger charge is 2.22. The number of aromatic nitrogens is 2. The number of aliphatic carboxylic acids is 1. The van der Waals surface area contributed by atoms with Gasteiger partial charge >= 0.3 is 5.97 Å². The summed E-state index contributed by atoms with van der Waals surface area (Å²) < 4.78 is 0. The number of hydrogen-bond acceptors (Lipinski definition) is 4. The van der Waals surface area contributed by atoms with Crippen molar-refractivity contribution in [2.24, 2.45) is 5.92 Å². The van der Waals surface area contributed by atoms with E-state index in [9.17, 15) is 4.79 Å². The number of para-hydroxylation sites is 1. The molecule has 110 valence electrons. The van der Waals surface area contributed by atoms with Crippen molar-refractivity contribution in [3.8, 4) is 0 Å². The van der Waals surface area contributed by atoms with E-state index in [1.165, 1.54) is 0 Å². The van der Waals surface area contributed by atoms with Crippen LogP contribution >= 0.6 is 0 Å². The first-order chi connectivity index (χ1) is 10.2. The van der Waals surface area contributed by atoms with Crippen molar-refractivity contribution in [1.29, 1.82) is 0 Å². The zero-order valence-corrected chi connectivity index (χ0v) is 11.9. The zero-order chi connectivity index (χ0) is 14.7. The molecule has 21 heavy (non-hydrogen) atoms. The van der Waals surface area contributed by atoms with Crippen LogP contribution in [0.2, 0.25) is 0 Å². The van der Waals surface area contributed by atoms with Crippen LogP contribution in [0.25, 0.3) is 10.9 Å². The molecule has 1 atom stereocenters. The van der Waals surface area contributed by atoms with E-state index >= 15 is 0 Å². The van der Waals surface area contributed by atoms with Gasteiger partial charge in [0.15, 0.2) is 0 Å². The molecule has 0 radical (unpaired) electrons. The number of fused-ring (bicyclic) bond motifs is 1. The lowest BCUT2D eigenvalue weighted by Crippen LogP contribution is -2.36. The molecule has 1 aliphatic heterocycles. The van der Waals surface area contributed by atoms with E-state index in [-0.39, 0.29) is 6.42 Å². The topological polar surface area (TPSA) is 66.3 Å². The summed E-state index contributed by atoms with van der Waals surface area (Å²) in [5, 5.41) is 9.85. The molecule has 1 aromatic carbocycles. The molecule has 1 fully saturated rings. The third kappa shape index (κ3) is 3.29. The number of carboxylic acid groups (broad SMARTS) is 1. The van der Waals surface area contributed by atoms with Crippen LogP contribution in [0, 0.1) is 5.92 Å². The number of carboxylic acids is 1. The fourth-order valence-electron chi connectivity index (χ4n) is 2.92. The van der Waals surface area contributed by atoms with E-state index in [1.807, 2.05) is 30.5 Å². The lowest BCUT2D eigenvalue weighted by atomic mass is 9.93. The maximum atomic E-state index is 10.7. The molecular weight excluding hydrogens is 266 g/mol. The molecule has 1 unspecified atom stereocenters. The van der Waals surface area contributed by atoms with Gasteiger partial charge in [-0.25, -0.2) is 9.97 Å². The number of nitrogens with zero attached hydrogens (tertiary/aromatic N) is 3. The Hall–Kier alpha value is -2.17. The van der Waals surface area contributed by atoms with Crippen LogP contribution in [0.4, 0.5) is 5.95 Å². The molecule has 1 aromatic heterocycles. The highest BCUT2D eigenvalue weighted by atomic mass is 16.4. The van der Waals surface area contributed by atoms with Gasteiger partial charge in [0.1, 0.15) is 0 Å². The summed E-state index contributed by atoms with van der Waals surface area (Å²) in [5.41, 5.74) is 0.954. The second-order valence-electron chi connectivity index (χ2n) is 5.62. The second kappa shape index (κ2) is 6.08. The maximum Gasteiger partial charge on any atom is 0.303 e. The highest BCUT2D eigenvalue weighted by molar-refractivity contribution is 5.78. The van der Waals surface area contributed by atoms with Gasteiger partial charge in [0.2, 0.25) is 5.95 Å². The van der Waals surface area contributed by atoms with Crippen molar-refractivity contribution in [2.75, 3.05) is 18.0 Å². The predicted molar refractivity (Wildman–Crippen MR) is 81.3 cm³/mol. The van der Waals surface area contributed by atoms with E-state index in [0.29, 0.717) is 5.92 Å². The monoisotopic (exact) mass is 285 g/mol. The Labute approximate surface area is 123 Å². The van der Waals surface area contributed by atoms with Crippen molar-refractivity contribution in [1.82, 2.24) is 9.97 Å². The van der Waals surface area contributed by atoms with Crippen LogP contribution in [0.5, 0.6) is 0 Å². The minimum Gasteiger partial charge on any atom is -0.481 e. The van der Waals surface area contributed by atoms with Crippen LogP contribution in [-0.4, -0.2) is 34.1 Å². The third-order valence-electron chi connectivity index (χ3n) is 4.04. The number of carbonyl (C=O) groups is 1. The standard InChI is InChI=1S/C16H19N3O2/c20-15(21)8-7-12-4-3-9-19(11-12)16-17-10-13-5-1-2-6-14(13)18-16/h1-2,5-6,10,12H,3-4,7-9,11H2,(H,20,21). The van der Waals surface area contributed by atoms with Crippen LogP contribution < -0.4 is 4.90 Å². The summed E-state index contributed by atoms with van der Waals surface area (Å²) in [4.78, 5) is 22.0. The number of rotatable bonds is 4. The molecule has 0 amide bonds. The number of hydrogen-bond donors (Lipinski definition) is 1. The Morgan fingerprint density at radius 3 is 3.10 bits per heavy atom. The van der Waals surface area contributed by atoms with E-state index in [2.05, 4.69) is 14.9 Å². The summed E-state index contributed by atoms with van der Waals surface area (Å²) in [6, 6.07) is 7.95. The van der Waals surface area contributed by atoms with Gasteiger partial charge in [0.25, 0.3) is 0 Å². The molecule has 0 saturated carbocycles. The van der Waals surface area contributed by atoms with E-state index in [4.69, 9.17) is 5.11 Å². The molecule has 5 heteroatoms. The first-order valence-corrected chi connectivity index (χ1v) is 7.41. The number of benzene rings is 1. The van der Waals surface area contributed by atoms with Crippen molar-refractivity contribution in [3.05, 3.63) is 30.5 Å². The Kier molecular flexibility index (Phi) is 3.99. The van der Waals surface area contributed by atoms with Crippen LogP contribution in [0.15, 0.2) is 30.5 Å². The van der Waals surface area contributed by atoms with Crippen LogP contribution in [-0.2, 0) is 4.79 Å². The Morgan fingerprint density at radius 2 is 2.24 bits per heavy atom. The molecule has 0 aliphatic carbocycles. The van der Waals surface area contributed by atoms with Crippen molar-refractivity contribution < 1.29 is 9.90 Å². The molecule has 3 rings (SSSR count). The number of piperidine rings is 1. The molecular formula is C16H19N3O2. The second-order valence-corrected chi connectivity index (χ2v) is 5.62. The molecule has 1 N–H and O–H groups in total. The highest BCUT2D eigenvalue weighted by Crippen LogP contribution is 2.24. The Morgan fingerprint density at radius 1 is 1.38 bits per heavy atom. The summed E-state index contributed by atoms with van der Waals surface area (Å²) in [5.74, 6) is 0.465. The number of anilines is 1. The first-order valence-electron chi connectivity index (χ1n) is 7.41. The lowest BCUT2D eigenvalue weighted by Gasteiger charge is -2.32. The summed E-state index contributed by atoms with van der Waals surface area (Å²) in [6.07, 6.45) is 5.01. The zero-order valence-electron chi connectivity index (χ0n) is 11.9. The van der Waals surface area contributed by atoms with Gasteiger partial charge in [-0.05, 0) is 31.2 Å². The molecule has 0 bridgehead atoms. The average molecular weight is 285 g/mol. The molecule has 5 nitrogen and oxygen atoms in total.